The molecule has 4 rings (SSSR count). The van der Waals surface area contributed by atoms with Crippen molar-refractivity contribution in [2.24, 2.45) is 0 Å². The number of aromatic nitrogens is 2. The van der Waals surface area contributed by atoms with Crippen LogP contribution in [0.2, 0.25) is 0 Å². The van der Waals surface area contributed by atoms with Crippen LogP contribution in [0.25, 0.3) is 23.5 Å². The first-order valence-corrected chi connectivity index (χ1v) is 8.91. The summed E-state index contributed by atoms with van der Waals surface area (Å²) in [5, 5.41) is 4.08. The summed E-state index contributed by atoms with van der Waals surface area (Å²) in [6.07, 6.45) is 3.73. The molecule has 0 N–H and O–H groups in total. The van der Waals surface area contributed by atoms with E-state index in [-0.39, 0.29) is 0 Å². The van der Waals surface area contributed by atoms with Gasteiger partial charge < -0.3 is 18.9 Å². The van der Waals surface area contributed by atoms with E-state index in [1.807, 2.05) is 42.5 Å². The minimum absolute atomic E-state index is 0.470. The lowest BCUT2D eigenvalue weighted by atomic mass is 10.2. The van der Waals surface area contributed by atoms with E-state index in [9.17, 15) is 0 Å². The quantitative estimate of drug-likeness (QED) is 0.688. The lowest BCUT2D eigenvalue weighted by molar-refractivity contribution is 0.122. The fraction of sp³-hybridized carbons (Fsp3) is 0.238. The Balaban J connectivity index is 1.44. The number of morpholine rings is 1. The number of hydrogen-bond acceptors (Lipinski definition) is 6. The van der Waals surface area contributed by atoms with Gasteiger partial charge in [0.15, 0.2) is 0 Å². The number of hydrogen-bond donors (Lipinski definition) is 0. The monoisotopic (exact) mass is 363 g/mol. The average Bonchev–Trinajstić information content (AvgIpc) is 3.22. The fourth-order valence-corrected chi connectivity index (χ4v) is 2.95. The first kappa shape index (κ1) is 17.3. The SMILES string of the molecule is COc1ccc(/C=C/c2nc(-c3ccc(N4CCOCC4)cc3)no2)cc1. The van der Waals surface area contributed by atoms with Crippen LogP contribution < -0.4 is 9.64 Å². The van der Waals surface area contributed by atoms with Crippen LogP contribution in [0.15, 0.2) is 53.1 Å². The highest BCUT2D eigenvalue weighted by molar-refractivity contribution is 5.67. The van der Waals surface area contributed by atoms with Gasteiger partial charge in [0.2, 0.25) is 5.82 Å². The summed E-state index contributed by atoms with van der Waals surface area (Å²) in [7, 11) is 1.65. The lowest BCUT2D eigenvalue weighted by Gasteiger charge is -2.28. The summed E-state index contributed by atoms with van der Waals surface area (Å²) < 4.78 is 15.9. The molecule has 0 aliphatic carbocycles. The third kappa shape index (κ3) is 4.17. The zero-order valence-corrected chi connectivity index (χ0v) is 15.2. The molecule has 1 fully saturated rings. The number of methoxy groups -OCH3 is 1. The highest BCUT2D eigenvalue weighted by atomic mass is 16.5. The van der Waals surface area contributed by atoms with Gasteiger partial charge in [-0.3, -0.25) is 0 Å². The van der Waals surface area contributed by atoms with Crippen molar-refractivity contribution in [2.75, 3.05) is 38.3 Å². The molecule has 6 heteroatoms. The Kier molecular flexibility index (Phi) is 5.16. The number of rotatable bonds is 5. The Bertz CT molecular complexity index is 895. The molecule has 27 heavy (non-hydrogen) atoms. The highest BCUT2D eigenvalue weighted by Crippen LogP contribution is 2.22. The molecule has 138 valence electrons. The van der Waals surface area contributed by atoms with Crippen LogP contribution >= 0.6 is 0 Å². The van der Waals surface area contributed by atoms with Crippen LogP contribution in [0.1, 0.15) is 11.5 Å². The number of benzene rings is 2. The summed E-state index contributed by atoms with van der Waals surface area (Å²) in [5.74, 6) is 1.88. The summed E-state index contributed by atoms with van der Waals surface area (Å²) in [5.41, 5.74) is 3.15. The Hall–Kier alpha value is -3.12. The number of anilines is 1. The van der Waals surface area contributed by atoms with Crippen molar-refractivity contribution >= 4 is 17.8 Å². The third-order valence-electron chi connectivity index (χ3n) is 4.48. The van der Waals surface area contributed by atoms with E-state index < -0.39 is 0 Å². The molecule has 6 nitrogen and oxygen atoms in total. The van der Waals surface area contributed by atoms with Crippen LogP contribution in [0.3, 0.4) is 0 Å². The molecule has 0 spiro atoms. The average molecular weight is 363 g/mol. The van der Waals surface area contributed by atoms with Crippen molar-refractivity contribution in [2.45, 2.75) is 0 Å². The summed E-state index contributed by atoms with van der Waals surface area (Å²) in [6.45, 7) is 3.39. The van der Waals surface area contributed by atoms with Crippen molar-refractivity contribution in [1.82, 2.24) is 10.1 Å². The summed E-state index contributed by atoms with van der Waals surface area (Å²) in [4.78, 5) is 6.76. The molecule has 1 saturated heterocycles. The van der Waals surface area contributed by atoms with Gasteiger partial charge in [-0.1, -0.05) is 17.3 Å². The first-order chi connectivity index (χ1) is 13.3. The highest BCUT2D eigenvalue weighted by Gasteiger charge is 2.12. The smallest absolute Gasteiger partial charge is 0.250 e. The number of ether oxygens (including phenoxy) is 2. The molecule has 0 unspecified atom stereocenters. The third-order valence-corrected chi connectivity index (χ3v) is 4.48. The van der Waals surface area contributed by atoms with Crippen LogP contribution in [-0.2, 0) is 4.74 Å². The minimum Gasteiger partial charge on any atom is -0.497 e. The predicted octanol–water partition coefficient (Wildman–Crippen LogP) is 3.75. The molecule has 1 aromatic heterocycles. The molecule has 1 aliphatic rings. The maximum atomic E-state index is 5.40. The second kappa shape index (κ2) is 8.05. The fourth-order valence-electron chi connectivity index (χ4n) is 2.95. The van der Waals surface area contributed by atoms with Gasteiger partial charge in [-0.25, -0.2) is 0 Å². The largest absolute Gasteiger partial charge is 0.497 e. The van der Waals surface area contributed by atoms with E-state index in [0.29, 0.717) is 11.7 Å². The molecular weight excluding hydrogens is 342 g/mol. The molecular formula is C21H21N3O3. The first-order valence-electron chi connectivity index (χ1n) is 8.91. The Morgan fingerprint density at radius 2 is 1.70 bits per heavy atom. The van der Waals surface area contributed by atoms with Gasteiger partial charge in [-0.15, -0.1) is 0 Å². The second-order valence-corrected chi connectivity index (χ2v) is 6.21. The predicted molar refractivity (Wildman–Crippen MR) is 105 cm³/mol. The number of nitrogens with zero attached hydrogens (tertiary/aromatic N) is 3. The van der Waals surface area contributed by atoms with Crippen LogP contribution in [0, 0.1) is 0 Å². The zero-order valence-electron chi connectivity index (χ0n) is 15.2. The standard InChI is InChI=1S/C21H21N3O3/c1-25-19-9-2-16(3-10-19)4-11-20-22-21(23-27-20)17-5-7-18(8-6-17)24-12-14-26-15-13-24/h2-11H,12-15H2,1H3/b11-4+. The van der Waals surface area contributed by atoms with E-state index >= 15 is 0 Å². The van der Waals surface area contributed by atoms with Gasteiger partial charge in [0.25, 0.3) is 5.89 Å². The Morgan fingerprint density at radius 3 is 2.41 bits per heavy atom. The topological polar surface area (TPSA) is 60.6 Å². The molecule has 1 aliphatic heterocycles. The van der Waals surface area contributed by atoms with E-state index in [1.165, 1.54) is 5.69 Å². The molecule has 2 heterocycles. The van der Waals surface area contributed by atoms with Crippen molar-refractivity contribution in [3.63, 3.8) is 0 Å². The zero-order chi connectivity index (χ0) is 18.5. The maximum Gasteiger partial charge on any atom is 0.250 e. The Labute approximate surface area is 158 Å². The van der Waals surface area contributed by atoms with Gasteiger partial charge >= 0.3 is 0 Å². The molecule has 3 aromatic rings. The molecule has 0 saturated carbocycles. The molecule has 0 atom stereocenters. The van der Waals surface area contributed by atoms with E-state index in [4.69, 9.17) is 14.0 Å². The van der Waals surface area contributed by atoms with Crippen molar-refractivity contribution in [3.8, 4) is 17.1 Å². The van der Waals surface area contributed by atoms with Gasteiger partial charge in [0.1, 0.15) is 5.75 Å². The maximum absolute atomic E-state index is 5.40. The van der Waals surface area contributed by atoms with Crippen molar-refractivity contribution in [3.05, 3.63) is 60.0 Å². The van der Waals surface area contributed by atoms with Crippen LogP contribution in [0.4, 0.5) is 5.69 Å². The van der Waals surface area contributed by atoms with Gasteiger partial charge in [0.05, 0.1) is 20.3 Å². The lowest BCUT2D eigenvalue weighted by Crippen LogP contribution is -2.36. The van der Waals surface area contributed by atoms with E-state index in [1.54, 1.807) is 13.2 Å². The van der Waals surface area contributed by atoms with Gasteiger partial charge in [0, 0.05) is 30.4 Å². The van der Waals surface area contributed by atoms with E-state index in [0.717, 1.165) is 43.2 Å². The van der Waals surface area contributed by atoms with Crippen LogP contribution in [-0.4, -0.2) is 43.6 Å². The van der Waals surface area contributed by atoms with Gasteiger partial charge in [-0.05, 0) is 48.0 Å². The Morgan fingerprint density at radius 1 is 0.963 bits per heavy atom. The second-order valence-electron chi connectivity index (χ2n) is 6.21. The summed E-state index contributed by atoms with van der Waals surface area (Å²) in [6, 6.07) is 16.0. The van der Waals surface area contributed by atoms with Crippen LogP contribution in [0.5, 0.6) is 5.75 Å². The van der Waals surface area contributed by atoms with E-state index in [2.05, 4.69) is 27.2 Å². The molecule has 2 aromatic carbocycles. The molecule has 0 bridgehead atoms. The summed E-state index contributed by atoms with van der Waals surface area (Å²) >= 11 is 0. The minimum atomic E-state index is 0.470. The normalized spacial score (nSPS) is 14.6. The van der Waals surface area contributed by atoms with Gasteiger partial charge in [-0.2, -0.15) is 4.98 Å². The van der Waals surface area contributed by atoms with Crippen molar-refractivity contribution < 1.29 is 14.0 Å². The molecule has 0 radical (unpaired) electrons. The molecule has 0 amide bonds. The van der Waals surface area contributed by atoms with Crippen molar-refractivity contribution in [1.29, 1.82) is 0 Å².